The van der Waals surface area contributed by atoms with E-state index in [2.05, 4.69) is 10.6 Å². The van der Waals surface area contributed by atoms with Crippen LogP contribution in [0.5, 0.6) is 0 Å². The molecule has 26 heavy (non-hydrogen) atoms. The molecule has 136 valence electrons. The van der Waals surface area contributed by atoms with Crippen LogP contribution in [0.15, 0.2) is 60.7 Å². The Bertz CT molecular complexity index is 733. The topological polar surface area (TPSA) is 61.4 Å². The molecule has 0 radical (unpaired) electrons. The lowest BCUT2D eigenvalue weighted by molar-refractivity contribution is -0.134. The summed E-state index contributed by atoms with van der Waals surface area (Å²) in [6.45, 7) is 4.36. The Morgan fingerprint density at radius 2 is 1.77 bits per heavy atom. The van der Waals surface area contributed by atoms with Crippen molar-refractivity contribution in [2.75, 3.05) is 19.6 Å². The largest absolute Gasteiger partial charge is 0.345 e. The van der Waals surface area contributed by atoms with Gasteiger partial charge < -0.3 is 15.5 Å². The molecule has 0 aromatic heterocycles. The highest BCUT2D eigenvalue weighted by Crippen LogP contribution is 2.20. The number of amides is 2. The van der Waals surface area contributed by atoms with Crippen LogP contribution >= 0.6 is 0 Å². The van der Waals surface area contributed by atoms with Crippen LogP contribution in [0.2, 0.25) is 0 Å². The third kappa shape index (κ3) is 4.49. The normalized spacial score (nSPS) is 18.2. The van der Waals surface area contributed by atoms with Crippen molar-refractivity contribution in [3.8, 4) is 0 Å². The van der Waals surface area contributed by atoms with Crippen molar-refractivity contribution in [3.05, 3.63) is 71.8 Å². The molecule has 0 bridgehead atoms. The number of piperazine rings is 1. The average molecular weight is 351 g/mol. The summed E-state index contributed by atoms with van der Waals surface area (Å²) in [6.07, 6.45) is 0.257. The Labute approximate surface area is 154 Å². The van der Waals surface area contributed by atoms with Crippen molar-refractivity contribution in [2.24, 2.45) is 0 Å². The predicted molar refractivity (Wildman–Crippen MR) is 102 cm³/mol. The van der Waals surface area contributed by atoms with E-state index in [1.165, 1.54) is 0 Å². The molecular weight excluding hydrogens is 326 g/mol. The van der Waals surface area contributed by atoms with E-state index in [1.807, 2.05) is 60.4 Å². The van der Waals surface area contributed by atoms with Crippen LogP contribution in [0.3, 0.4) is 0 Å². The van der Waals surface area contributed by atoms with Gasteiger partial charge >= 0.3 is 0 Å². The van der Waals surface area contributed by atoms with Crippen molar-refractivity contribution in [3.63, 3.8) is 0 Å². The highest BCUT2D eigenvalue weighted by atomic mass is 16.2. The van der Waals surface area contributed by atoms with Gasteiger partial charge in [0.25, 0.3) is 5.91 Å². The molecule has 2 atom stereocenters. The van der Waals surface area contributed by atoms with E-state index in [-0.39, 0.29) is 30.3 Å². The van der Waals surface area contributed by atoms with E-state index in [0.29, 0.717) is 12.1 Å². The minimum absolute atomic E-state index is 0.0706. The zero-order valence-corrected chi connectivity index (χ0v) is 15.0. The zero-order chi connectivity index (χ0) is 18.4. The van der Waals surface area contributed by atoms with Crippen LogP contribution in [0.1, 0.15) is 35.3 Å². The number of nitrogens with one attached hydrogen (secondary N) is 2. The van der Waals surface area contributed by atoms with Gasteiger partial charge in [0.1, 0.15) is 0 Å². The maximum Gasteiger partial charge on any atom is 0.251 e. The van der Waals surface area contributed by atoms with Gasteiger partial charge in [0.2, 0.25) is 5.91 Å². The second-order valence-electron chi connectivity index (χ2n) is 6.65. The van der Waals surface area contributed by atoms with E-state index >= 15 is 0 Å². The summed E-state index contributed by atoms with van der Waals surface area (Å²) in [5.41, 5.74) is 1.53. The molecule has 1 aliphatic heterocycles. The number of benzene rings is 2. The lowest BCUT2D eigenvalue weighted by atomic mass is 10.0. The Morgan fingerprint density at radius 3 is 2.42 bits per heavy atom. The van der Waals surface area contributed by atoms with Crippen LogP contribution in [0.4, 0.5) is 0 Å². The number of carbonyl (C=O) groups is 2. The molecule has 2 unspecified atom stereocenters. The molecule has 0 aliphatic carbocycles. The second-order valence-corrected chi connectivity index (χ2v) is 6.65. The summed E-state index contributed by atoms with van der Waals surface area (Å²) in [4.78, 5) is 27.4. The summed E-state index contributed by atoms with van der Waals surface area (Å²) in [5, 5.41) is 6.33. The summed E-state index contributed by atoms with van der Waals surface area (Å²) in [7, 11) is 0. The van der Waals surface area contributed by atoms with E-state index in [1.54, 1.807) is 12.1 Å². The molecule has 1 heterocycles. The molecule has 2 N–H and O–H groups in total. The smallest absolute Gasteiger partial charge is 0.251 e. The number of carbonyl (C=O) groups excluding carboxylic acids is 2. The van der Waals surface area contributed by atoms with Crippen molar-refractivity contribution in [1.82, 2.24) is 15.5 Å². The summed E-state index contributed by atoms with van der Waals surface area (Å²) in [6, 6.07) is 18.6. The van der Waals surface area contributed by atoms with E-state index < -0.39 is 0 Å². The summed E-state index contributed by atoms with van der Waals surface area (Å²) >= 11 is 0. The standard InChI is InChI=1S/C21H25N3O2/c1-16-15-22-12-13-24(16)20(25)14-19(17-8-4-2-5-9-17)23-21(26)18-10-6-3-7-11-18/h2-11,16,19,22H,12-15H2,1H3,(H,23,26). The predicted octanol–water partition coefficient (Wildman–Crippen LogP) is 2.37. The molecule has 2 aromatic carbocycles. The molecule has 5 nitrogen and oxygen atoms in total. The molecule has 1 aliphatic rings. The maximum absolute atomic E-state index is 12.9. The lowest BCUT2D eigenvalue weighted by Crippen LogP contribution is -2.52. The first-order valence-corrected chi connectivity index (χ1v) is 9.06. The molecular formula is C21H25N3O2. The van der Waals surface area contributed by atoms with Gasteiger partial charge in [-0.25, -0.2) is 0 Å². The number of nitrogens with zero attached hydrogens (tertiary/aromatic N) is 1. The fourth-order valence-electron chi connectivity index (χ4n) is 3.27. The second kappa shape index (κ2) is 8.63. The van der Waals surface area contributed by atoms with Crippen LogP contribution in [0.25, 0.3) is 0 Å². The quantitative estimate of drug-likeness (QED) is 0.869. The van der Waals surface area contributed by atoms with Gasteiger partial charge in [-0.3, -0.25) is 9.59 Å². The molecule has 1 fully saturated rings. The Hall–Kier alpha value is -2.66. The highest BCUT2D eigenvalue weighted by molar-refractivity contribution is 5.94. The summed E-state index contributed by atoms with van der Waals surface area (Å²) < 4.78 is 0. The van der Waals surface area contributed by atoms with Gasteiger partial charge in [-0.1, -0.05) is 48.5 Å². The van der Waals surface area contributed by atoms with Gasteiger partial charge in [-0.2, -0.15) is 0 Å². The lowest BCUT2D eigenvalue weighted by Gasteiger charge is -2.35. The monoisotopic (exact) mass is 351 g/mol. The first-order chi connectivity index (χ1) is 12.6. The van der Waals surface area contributed by atoms with Gasteiger partial charge in [-0.15, -0.1) is 0 Å². The molecule has 1 saturated heterocycles. The molecule has 0 spiro atoms. The van der Waals surface area contributed by atoms with Crippen molar-refractivity contribution >= 4 is 11.8 Å². The fraction of sp³-hybridized carbons (Fsp3) is 0.333. The third-order valence-corrected chi connectivity index (χ3v) is 4.74. The maximum atomic E-state index is 12.9. The fourth-order valence-corrected chi connectivity index (χ4v) is 3.27. The molecule has 0 saturated carbocycles. The molecule has 2 amide bonds. The minimum atomic E-state index is -0.349. The first kappa shape index (κ1) is 18.1. The van der Waals surface area contributed by atoms with Crippen LogP contribution in [-0.4, -0.2) is 42.4 Å². The van der Waals surface area contributed by atoms with Crippen LogP contribution < -0.4 is 10.6 Å². The number of rotatable bonds is 5. The number of hydrogen-bond acceptors (Lipinski definition) is 3. The van der Waals surface area contributed by atoms with Gasteiger partial charge in [0.05, 0.1) is 12.5 Å². The molecule has 3 rings (SSSR count). The van der Waals surface area contributed by atoms with Gasteiger partial charge in [0.15, 0.2) is 0 Å². The van der Waals surface area contributed by atoms with Crippen molar-refractivity contribution in [1.29, 1.82) is 0 Å². The van der Waals surface area contributed by atoms with E-state index in [4.69, 9.17) is 0 Å². The average Bonchev–Trinajstić information content (AvgIpc) is 2.69. The Morgan fingerprint density at radius 1 is 1.12 bits per heavy atom. The van der Waals surface area contributed by atoms with Gasteiger partial charge in [0, 0.05) is 31.2 Å². The highest BCUT2D eigenvalue weighted by Gasteiger charge is 2.26. The van der Waals surface area contributed by atoms with E-state index in [0.717, 1.165) is 18.7 Å². The SMILES string of the molecule is CC1CNCCN1C(=O)CC(NC(=O)c1ccccc1)c1ccccc1. The zero-order valence-electron chi connectivity index (χ0n) is 15.0. The Kier molecular flexibility index (Phi) is 6.02. The first-order valence-electron chi connectivity index (χ1n) is 9.06. The van der Waals surface area contributed by atoms with E-state index in [9.17, 15) is 9.59 Å². The van der Waals surface area contributed by atoms with Crippen LogP contribution in [-0.2, 0) is 4.79 Å². The van der Waals surface area contributed by atoms with Gasteiger partial charge in [-0.05, 0) is 24.6 Å². The Balaban J connectivity index is 1.75. The minimum Gasteiger partial charge on any atom is -0.345 e. The summed E-state index contributed by atoms with van der Waals surface area (Å²) in [5.74, 6) is -0.0955. The third-order valence-electron chi connectivity index (χ3n) is 4.74. The van der Waals surface area contributed by atoms with Crippen molar-refractivity contribution < 1.29 is 9.59 Å². The van der Waals surface area contributed by atoms with Crippen LogP contribution in [0, 0.1) is 0 Å². The number of hydrogen-bond donors (Lipinski definition) is 2. The molecule has 2 aromatic rings. The van der Waals surface area contributed by atoms with Crippen molar-refractivity contribution in [2.45, 2.75) is 25.4 Å². The molecule has 5 heteroatoms.